The molecule has 1 aromatic rings. The second kappa shape index (κ2) is 5.16. The largest absolute Gasteiger partial charge is 0.492 e. The summed E-state index contributed by atoms with van der Waals surface area (Å²) in [6, 6.07) is 0. The van der Waals surface area contributed by atoms with Crippen LogP contribution in [-0.2, 0) is 6.42 Å². The molecule has 0 atom stereocenters. The van der Waals surface area contributed by atoms with Gasteiger partial charge in [-0.05, 0) is 12.3 Å². The fourth-order valence-corrected chi connectivity index (χ4v) is 2.21. The van der Waals surface area contributed by atoms with Crippen molar-refractivity contribution in [2.75, 3.05) is 14.2 Å². The zero-order valence-electron chi connectivity index (χ0n) is 10.1. The van der Waals surface area contributed by atoms with Gasteiger partial charge in [-0.15, -0.1) is 0 Å². The fourth-order valence-electron chi connectivity index (χ4n) is 1.65. The van der Waals surface area contributed by atoms with Gasteiger partial charge in [-0.3, -0.25) is 4.98 Å². The predicted molar refractivity (Wildman–Crippen MR) is 65.5 cm³/mol. The van der Waals surface area contributed by atoms with Gasteiger partial charge in [0.1, 0.15) is 0 Å². The maximum Gasteiger partial charge on any atom is 0.176 e. The van der Waals surface area contributed by atoms with Crippen LogP contribution in [0.5, 0.6) is 11.5 Å². The van der Waals surface area contributed by atoms with E-state index in [2.05, 4.69) is 18.8 Å². The van der Waals surface area contributed by atoms with Crippen LogP contribution in [0, 0.1) is 5.92 Å². The van der Waals surface area contributed by atoms with Crippen molar-refractivity contribution in [3.8, 4) is 11.5 Å². The molecular weight excluding hydrogens is 206 g/mol. The van der Waals surface area contributed by atoms with E-state index in [1.54, 1.807) is 14.2 Å². The lowest BCUT2D eigenvalue weighted by Crippen LogP contribution is -2.15. The van der Waals surface area contributed by atoms with Gasteiger partial charge in [0.25, 0.3) is 0 Å². The number of pyridine rings is 1. The minimum Gasteiger partial charge on any atom is -0.492 e. The SMILES string of the molecule is COc1c(CC(C)C)cnc([SiH3])c1OC. The Morgan fingerprint density at radius 2 is 1.87 bits per heavy atom. The molecule has 0 bridgehead atoms. The Kier molecular flexibility index (Phi) is 4.14. The Bertz CT molecular complexity index is 340. The molecule has 0 saturated heterocycles. The van der Waals surface area contributed by atoms with Crippen LogP contribution in [-0.4, -0.2) is 29.4 Å². The molecule has 0 aromatic carbocycles. The van der Waals surface area contributed by atoms with Crippen LogP contribution in [0.15, 0.2) is 6.20 Å². The summed E-state index contributed by atoms with van der Waals surface area (Å²) in [5.41, 5.74) is 1.13. The topological polar surface area (TPSA) is 31.4 Å². The minimum atomic E-state index is 0.588. The number of ether oxygens (including phenoxy) is 2. The molecule has 0 aliphatic rings. The monoisotopic (exact) mass is 225 g/mol. The molecule has 0 saturated carbocycles. The molecule has 0 radical (unpaired) electrons. The summed E-state index contributed by atoms with van der Waals surface area (Å²) in [7, 11) is 4.22. The summed E-state index contributed by atoms with van der Waals surface area (Å²) in [5, 5.41) is 1.00. The van der Waals surface area contributed by atoms with Gasteiger partial charge in [0.15, 0.2) is 11.5 Å². The molecule has 1 rings (SSSR count). The second-order valence-electron chi connectivity index (χ2n) is 4.03. The molecule has 0 N–H and O–H groups in total. The first kappa shape index (κ1) is 12.0. The lowest BCUT2D eigenvalue weighted by molar-refractivity contribution is 0.351. The van der Waals surface area contributed by atoms with Crippen LogP contribution in [0.4, 0.5) is 0 Å². The molecule has 0 aliphatic heterocycles. The normalized spacial score (nSPS) is 10.7. The van der Waals surface area contributed by atoms with E-state index in [1.165, 1.54) is 0 Å². The summed E-state index contributed by atoms with van der Waals surface area (Å²) in [4.78, 5) is 4.37. The van der Waals surface area contributed by atoms with Gasteiger partial charge in [-0.1, -0.05) is 13.8 Å². The van der Waals surface area contributed by atoms with E-state index in [-0.39, 0.29) is 0 Å². The third kappa shape index (κ3) is 2.72. The van der Waals surface area contributed by atoms with Gasteiger partial charge in [0.05, 0.1) is 29.8 Å². The average molecular weight is 225 g/mol. The molecule has 1 aromatic heterocycles. The number of hydrogen-bond donors (Lipinski definition) is 0. The van der Waals surface area contributed by atoms with Crippen LogP contribution in [0.25, 0.3) is 0 Å². The van der Waals surface area contributed by atoms with Crippen molar-refractivity contribution < 1.29 is 9.47 Å². The molecule has 84 valence electrons. The van der Waals surface area contributed by atoms with E-state index < -0.39 is 0 Å². The quantitative estimate of drug-likeness (QED) is 0.690. The smallest absolute Gasteiger partial charge is 0.176 e. The highest BCUT2D eigenvalue weighted by atomic mass is 28.1. The summed E-state index contributed by atoms with van der Waals surface area (Å²) in [6.45, 7) is 4.36. The van der Waals surface area contributed by atoms with Gasteiger partial charge in [-0.25, -0.2) is 0 Å². The van der Waals surface area contributed by atoms with Crippen LogP contribution < -0.4 is 14.8 Å². The molecule has 0 amide bonds. The van der Waals surface area contributed by atoms with Crippen LogP contribution >= 0.6 is 0 Å². The van der Waals surface area contributed by atoms with Crippen molar-refractivity contribution >= 4 is 15.6 Å². The first-order valence-corrected chi connectivity index (χ1v) is 6.16. The molecule has 0 spiro atoms. The maximum atomic E-state index is 5.41. The summed E-state index contributed by atoms with van der Waals surface area (Å²) < 4.78 is 10.7. The van der Waals surface area contributed by atoms with Crippen LogP contribution in [0.3, 0.4) is 0 Å². The van der Waals surface area contributed by atoms with Gasteiger partial charge in [0, 0.05) is 11.8 Å². The lowest BCUT2D eigenvalue weighted by atomic mass is 10.0. The Labute approximate surface area is 94.2 Å². The molecule has 3 nitrogen and oxygen atoms in total. The Morgan fingerprint density at radius 3 is 2.33 bits per heavy atom. The van der Waals surface area contributed by atoms with Crippen LogP contribution in [0.1, 0.15) is 19.4 Å². The van der Waals surface area contributed by atoms with E-state index in [0.29, 0.717) is 5.92 Å². The summed E-state index contributed by atoms with van der Waals surface area (Å²) in [5.74, 6) is 2.25. The summed E-state index contributed by atoms with van der Waals surface area (Å²) in [6.07, 6.45) is 2.87. The van der Waals surface area contributed by atoms with E-state index in [0.717, 1.165) is 39.0 Å². The standard InChI is InChI=1S/C11H19NO2Si/c1-7(2)5-8-6-12-11(15)10(14-4)9(8)13-3/h6-7H,5H2,1-4,15H3. The molecule has 15 heavy (non-hydrogen) atoms. The Morgan fingerprint density at radius 1 is 1.27 bits per heavy atom. The van der Waals surface area contributed by atoms with Crippen molar-refractivity contribution in [3.05, 3.63) is 11.8 Å². The first-order valence-electron chi connectivity index (χ1n) is 5.16. The van der Waals surface area contributed by atoms with Crippen molar-refractivity contribution in [2.45, 2.75) is 20.3 Å². The van der Waals surface area contributed by atoms with E-state index >= 15 is 0 Å². The third-order valence-electron chi connectivity index (χ3n) is 2.28. The first-order chi connectivity index (χ1) is 7.10. The van der Waals surface area contributed by atoms with Crippen molar-refractivity contribution in [2.24, 2.45) is 5.92 Å². The molecule has 4 heteroatoms. The number of hydrogen-bond acceptors (Lipinski definition) is 3. The van der Waals surface area contributed by atoms with Crippen molar-refractivity contribution in [3.63, 3.8) is 0 Å². The predicted octanol–water partition coefficient (Wildman–Crippen LogP) is 0.288. The molecular formula is C11H19NO2Si. The third-order valence-corrected chi connectivity index (χ3v) is 2.99. The molecule has 1 heterocycles. The minimum absolute atomic E-state index is 0.588. The average Bonchev–Trinajstić information content (AvgIpc) is 2.19. The zero-order valence-corrected chi connectivity index (χ0v) is 12.1. The summed E-state index contributed by atoms with van der Waals surface area (Å²) >= 11 is 0. The van der Waals surface area contributed by atoms with E-state index in [4.69, 9.17) is 9.47 Å². The van der Waals surface area contributed by atoms with Gasteiger partial charge < -0.3 is 9.47 Å². The number of nitrogens with zero attached hydrogens (tertiary/aromatic N) is 1. The zero-order chi connectivity index (χ0) is 11.4. The highest BCUT2D eigenvalue weighted by Crippen LogP contribution is 2.29. The molecule has 0 unspecified atom stereocenters. The fraction of sp³-hybridized carbons (Fsp3) is 0.545. The Balaban J connectivity index is 3.16. The van der Waals surface area contributed by atoms with Crippen LogP contribution in [0.2, 0.25) is 0 Å². The highest BCUT2D eigenvalue weighted by molar-refractivity contribution is 6.32. The van der Waals surface area contributed by atoms with Crippen molar-refractivity contribution in [1.29, 1.82) is 0 Å². The van der Waals surface area contributed by atoms with Gasteiger partial charge in [-0.2, -0.15) is 0 Å². The second-order valence-corrected chi connectivity index (χ2v) is 4.98. The number of rotatable bonds is 4. The molecule has 0 aliphatic carbocycles. The van der Waals surface area contributed by atoms with Gasteiger partial charge in [0.2, 0.25) is 0 Å². The van der Waals surface area contributed by atoms with Crippen molar-refractivity contribution in [1.82, 2.24) is 4.98 Å². The number of aromatic nitrogens is 1. The highest BCUT2D eigenvalue weighted by Gasteiger charge is 2.14. The Hall–Kier alpha value is -1.03. The van der Waals surface area contributed by atoms with E-state index in [9.17, 15) is 0 Å². The molecule has 0 fully saturated rings. The van der Waals surface area contributed by atoms with Gasteiger partial charge >= 0.3 is 0 Å². The van der Waals surface area contributed by atoms with E-state index in [1.807, 2.05) is 6.20 Å². The maximum absolute atomic E-state index is 5.41. The lowest BCUT2D eigenvalue weighted by Gasteiger charge is -2.15. The number of methoxy groups -OCH3 is 2.